The second-order valence-corrected chi connectivity index (χ2v) is 12.9. The van der Waals surface area contributed by atoms with Crippen LogP contribution in [0.2, 0.25) is 0 Å². The number of nitrogens with one attached hydrogen (secondary N) is 1. The van der Waals surface area contributed by atoms with Crippen LogP contribution in [0.5, 0.6) is 0 Å². The number of nitrogens with zero attached hydrogens (tertiary/aromatic N) is 2. The fraction of sp³-hybridized carbons (Fsp3) is 0.355. The minimum Gasteiger partial charge on any atom is -0.352 e. The Bertz CT molecular complexity index is 1400. The van der Waals surface area contributed by atoms with Gasteiger partial charge < -0.3 is 10.2 Å². The van der Waals surface area contributed by atoms with Gasteiger partial charge in [0.25, 0.3) is 0 Å². The molecule has 0 aliphatic carbocycles. The van der Waals surface area contributed by atoms with E-state index in [-0.39, 0.29) is 49.5 Å². The number of carbonyl (C=O) groups excluding carboxylic acids is 2. The number of hydrogen-bond donors (Lipinski definition) is 1. The second kappa shape index (κ2) is 15.1. The van der Waals surface area contributed by atoms with Crippen molar-refractivity contribution in [1.82, 2.24) is 10.2 Å². The Morgan fingerprint density at radius 1 is 0.951 bits per heavy atom. The van der Waals surface area contributed by atoms with Crippen LogP contribution in [0.3, 0.4) is 0 Å². The van der Waals surface area contributed by atoms with E-state index in [1.165, 1.54) is 18.2 Å². The van der Waals surface area contributed by atoms with Crippen molar-refractivity contribution in [1.29, 1.82) is 0 Å². The van der Waals surface area contributed by atoms with E-state index >= 15 is 0 Å². The number of benzene rings is 3. The Labute approximate surface area is 250 Å². The zero-order chi connectivity index (χ0) is 30.0. The summed E-state index contributed by atoms with van der Waals surface area (Å²) in [6, 6.07) is 21.8. The minimum atomic E-state index is -3.80. The first-order chi connectivity index (χ1) is 19.5. The van der Waals surface area contributed by atoms with Crippen LogP contribution in [0.1, 0.15) is 44.2 Å². The molecule has 0 spiro atoms. The van der Waals surface area contributed by atoms with Crippen molar-refractivity contribution < 1.29 is 22.4 Å². The average molecular weight is 647 g/mol. The zero-order valence-corrected chi connectivity index (χ0v) is 26.0. The number of halogens is 2. The van der Waals surface area contributed by atoms with Gasteiger partial charge in [0.1, 0.15) is 11.9 Å². The third-order valence-corrected chi connectivity index (χ3v) is 8.52. The summed E-state index contributed by atoms with van der Waals surface area (Å²) in [6.45, 7) is 4.01. The quantitative estimate of drug-likeness (QED) is 0.244. The van der Waals surface area contributed by atoms with Crippen LogP contribution in [-0.4, -0.2) is 50.0 Å². The summed E-state index contributed by atoms with van der Waals surface area (Å²) in [7, 11) is -3.80. The van der Waals surface area contributed by atoms with Gasteiger partial charge in [-0.05, 0) is 55.2 Å². The first-order valence-corrected chi connectivity index (χ1v) is 16.2. The highest BCUT2D eigenvalue weighted by Gasteiger charge is 2.31. The second-order valence-electron chi connectivity index (χ2n) is 10.1. The summed E-state index contributed by atoms with van der Waals surface area (Å²) in [4.78, 5) is 29.0. The summed E-state index contributed by atoms with van der Waals surface area (Å²) >= 11 is 3.43. The van der Waals surface area contributed by atoms with Crippen LogP contribution < -0.4 is 9.62 Å². The number of amides is 2. The maximum absolute atomic E-state index is 14.5. The standard InChI is InChI=1S/C31H37BrFN3O4S/c1-4-23(2)34-31(38)29(21-24-11-6-5-7-12-24)35(22-25-16-18-26(32)19-17-25)30(37)15-10-20-36(41(3,39)40)28-14-9-8-13-27(28)33/h5-9,11-14,16-19,23,29H,4,10,15,20-22H2,1-3H3,(H,34,38)/t23-,29-/m1/s1. The maximum atomic E-state index is 14.5. The van der Waals surface area contributed by atoms with Gasteiger partial charge in [-0.15, -0.1) is 0 Å². The van der Waals surface area contributed by atoms with E-state index in [2.05, 4.69) is 21.2 Å². The van der Waals surface area contributed by atoms with Crippen LogP contribution in [0, 0.1) is 5.82 Å². The van der Waals surface area contributed by atoms with E-state index < -0.39 is 21.9 Å². The molecule has 41 heavy (non-hydrogen) atoms. The molecule has 1 N–H and O–H groups in total. The molecule has 10 heteroatoms. The van der Waals surface area contributed by atoms with E-state index in [0.29, 0.717) is 6.42 Å². The lowest BCUT2D eigenvalue weighted by Gasteiger charge is -2.32. The fourth-order valence-electron chi connectivity index (χ4n) is 4.42. The number of carbonyl (C=O) groups is 2. The summed E-state index contributed by atoms with van der Waals surface area (Å²) in [5, 5.41) is 3.03. The summed E-state index contributed by atoms with van der Waals surface area (Å²) < 4.78 is 41.3. The van der Waals surface area contributed by atoms with Crippen LogP contribution in [0.25, 0.3) is 0 Å². The predicted octanol–water partition coefficient (Wildman–Crippen LogP) is 5.69. The molecule has 220 valence electrons. The van der Waals surface area contributed by atoms with Crippen molar-refractivity contribution in [3.63, 3.8) is 0 Å². The highest BCUT2D eigenvalue weighted by Crippen LogP contribution is 2.23. The Morgan fingerprint density at radius 3 is 2.20 bits per heavy atom. The lowest BCUT2D eigenvalue weighted by molar-refractivity contribution is -0.141. The summed E-state index contributed by atoms with van der Waals surface area (Å²) in [5.74, 6) is -1.21. The first-order valence-electron chi connectivity index (χ1n) is 13.6. The average Bonchev–Trinajstić information content (AvgIpc) is 2.94. The van der Waals surface area contributed by atoms with Crippen LogP contribution in [0.4, 0.5) is 10.1 Å². The fourth-order valence-corrected chi connectivity index (χ4v) is 5.65. The SMILES string of the molecule is CC[C@@H](C)NC(=O)[C@@H](Cc1ccccc1)N(Cc1ccc(Br)cc1)C(=O)CCCN(c1ccccc1F)S(C)(=O)=O. The molecule has 3 aromatic rings. The molecule has 0 fully saturated rings. The van der Waals surface area contributed by atoms with E-state index in [1.54, 1.807) is 11.0 Å². The topological polar surface area (TPSA) is 86.8 Å². The largest absolute Gasteiger partial charge is 0.352 e. The molecule has 3 aromatic carbocycles. The summed E-state index contributed by atoms with van der Waals surface area (Å²) in [6.07, 6.45) is 2.18. The number of rotatable bonds is 14. The lowest BCUT2D eigenvalue weighted by atomic mass is 10.0. The van der Waals surface area contributed by atoms with Gasteiger partial charge in [-0.25, -0.2) is 12.8 Å². The molecule has 0 saturated carbocycles. The van der Waals surface area contributed by atoms with Gasteiger partial charge in [0, 0.05) is 36.4 Å². The van der Waals surface area contributed by atoms with E-state index in [1.807, 2.05) is 68.4 Å². The van der Waals surface area contributed by atoms with E-state index in [9.17, 15) is 22.4 Å². The van der Waals surface area contributed by atoms with Crippen molar-refractivity contribution in [3.05, 3.63) is 100 Å². The molecule has 0 unspecified atom stereocenters. The van der Waals surface area contributed by atoms with E-state index in [0.717, 1.165) is 32.6 Å². The normalized spacial score (nSPS) is 12.8. The number of hydrogen-bond acceptors (Lipinski definition) is 4. The van der Waals surface area contributed by atoms with Gasteiger partial charge in [-0.3, -0.25) is 13.9 Å². The molecule has 7 nitrogen and oxygen atoms in total. The van der Waals surface area contributed by atoms with Crippen LogP contribution in [0.15, 0.2) is 83.3 Å². The van der Waals surface area contributed by atoms with Gasteiger partial charge in [0.2, 0.25) is 21.8 Å². The van der Waals surface area contributed by atoms with Crippen LogP contribution in [-0.2, 0) is 32.6 Å². The van der Waals surface area contributed by atoms with Crippen molar-refractivity contribution in [2.75, 3.05) is 17.1 Å². The van der Waals surface area contributed by atoms with Crippen molar-refractivity contribution >= 4 is 43.5 Å². The number of sulfonamides is 1. The Kier molecular flexibility index (Phi) is 11.9. The molecular formula is C31H37BrFN3O4S. The molecule has 0 aliphatic heterocycles. The molecular weight excluding hydrogens is 609 g/mol. The van der Waals surface area contributed by atoms with E-state index in [4.69, 9.17) is 0 Å². The molecule has 0 heterocycles. The molecule has 2 atom stereocenters. The molecule has 0 bridgehead atoms. The Balaban J connectivity index is 1.89. The smallest absolute Gasteiger partial charge is 0.243 e. The summed E-state index contributed by atoms with van der Waals surface area (Å²) in [5.41, 5.74) is 1.69. The highest BCUT2D eigenvalue weighted by molar-refractivity contribution is 9.10. The molecule has 2 amide bonds. The molecule has 0 saturated heterocycles. The zero-order valence-electron chi connectivity index (χ0n) is 23.6. The maximum Gasteiger partial charge on any atom is 0.243 e. The number of anilines is 1. The van der Waals surface area contributed by atoms with Crippen molar-refractivity contribution in [2.45, 2.75) is 58.2 Å². The number of para-hydroxylation sites is 1. The van der Waals surface area contributed by atoms with Crippen LogP contribution >= 0.6 is 15.9 Å². The van der Waals surface area contributed by atoms with Crippen molar-refractivity contribution in [2.24, 2.45) is 0 Å². The van der Waals surface area contributed by atoms with Gasteiger partial charge in [0.05, 0.1) is 11.9 Å². The van der Waals surface area contributed by atoms with Gasteiger partial charge in [-0.2, -0.15) is 0 Å². The van der Waals surface area contributed by atoms with Crippen molar-refractivity contribution in [3.8, 4) is 0 Å². The molecule has 0 aromatic heterocycles. The minimum absolute atomic E-state index is 0.0289. The molecule has 3 rings (SSSR count). The monoisotopic (exact) mass is 645 g/mol. The Hall–Kier alpha value is -3.24. The lowest BCUT2D eigenvalue weighted by Crippen LogP contribution is -2.52. The molecule has 0 radical (unpaired) electrons. The highest BCUT2D eigenvalue weighted by atomic mass is 79.9. The molecule has 0 aliphatic rings. The first kappa shape index (κ1) is 32.3. The predicted molar refractivity (Wildman–Crippen MR) is 164 cm³/mol. The van der Waals surface area contributed by atoms with Gasteiger partial charge in [-0.1, -0.05) is 77.5 Å². The van der Waals surface area contributed by atoms with Gasteiger partial charge in [0.15, 0.2) is 0 Å². The van der Waals surface area contributed by atoms with Gasteiger partial charge >= 0.3 is 0 Å². The Morgan fingerprint density at radius 2 is 1.59 bits per heavy atom. The third kappa shape index (κ3) is 9.67. The third-order valence-electron chi connectivity index (χ3n) is 6.81.